The molecular formula is C11H12O. The normalized spacial score (nSPS) is 10.9. The van der Waals surface area contributed by atoms with Crippen LogP contribution in [-0.4, -0.2) is 0 Å². The molecule has 1 nitrogen and oxygen atoms in total. The molecule has 1 aromatic heterocycles. The molecule has 2 rings (SSSR count). The molecule has 0 aliphatic heterocycles. The molecule has 0 spiro atoms. The first-order valence-electron chi connectivity index (χ1n) is 4.14. The maximum atomic E-state index is 5.38. The molecular weight excluding hydrogens is 148 g/mol. The number of aryl methyl sites for hydroxylation is 2. The van der Waals surface area contributed by atoms with E-state index in [1.54, 1.807) is 6.26 Å². The SMILES string of the molecule is Cc1cc2ccoc2c(C)c1C. The fraction of sp³-hybridized carbons (Fsp3) is 0.273. The highest BCUT2D eigenvalue weighted by molar-refractivity contribution is 5.82. The van der Waals surface area contributed by atoms with Crippen LogP contribution in [0.25, 0.3) is 11.0 Å². The Labute approximate surface area is 72.0 Å². The molecule has 0 saturated carbocycles. The van der Waals surface area contributed by atoms with Crippen LogP contribution in [0.5, 0.6) is 0 Å². The summed E-state index contributed by atoms with van der Waals surface area (Å²) in [5.74, 6) is 0. The second-order valence-corrected chi connectivity index (χ2v) is 3.28. The Bertz CT molecular complexity index is 424. The number of hydrogen-bond donors (Lipinski definition) is 0. The van der Waals surface area contributed by atoms with Crippen molar-refractivity contribution in [2.75, 3.05) is 0 Å². The average molecular weight is 160 g/mol. The van der Waals surface area contributed by atoms with Crippen LogP contribution in [0, 0.1) is 20.8 Å². The summed E-state index contributed by atoms with van der Waals surface area (Å²) in [7, 11) is 0. The van der Waals surface area contributed by atoms with Gasteiger partial charge in [-0.25, -0.2) is 0 Å². The lowest BCUT2D eigenvalue weighted by Gasteiger charge is -2.03. The van der Waals surface area contributed by atoms with Gasteiger partial charge in [0.1, 0.15) is 5.58 Å². The van der Waals surface area contributed by atoms with Crippen LogP contribution in [0.15, 0.2) is 22.8 Å². The van der Waals surface area contributed by atoms with Crippen LogP contribution in [0.1, 0.15) is 16.7 Å². The van der Waals surface area contributed by atoms with E-state index >= 15 is 0 Å². The standard InChI is InChI=1S/C11H12O/c1-7-6-10-4-5-12-11(10)9(3)8(7)2/h4-6H,1-3H3. The van der Waals surface area contributed by atoms with Crippen LogP contribution < -0.4 is 0 Å². The van der Waals surface area contributed by atoms with Crippen molar-refractivity contribution in [2.24, 2.45) is 0 Å². The van der Waals surface area contributed by atoms with Crippen LogP contribution in [0.4, 0.5) is 0 Å². The smallest absolute Gasteiger partial charge is 0.137 e. The lowest BCUT2D eigenvalue weighted by molar-refractivity contribution is 0.613. The lowest BCUT2D eigenvalue weighted by atomic mass is 10.0. The molecule has 12 heavy (non-hydrogen) atoms. The molecule has 0 saturated heterocycles. The van der Waals surface area contributed by atoms with E-state index in [-0.39, 0.29) is 0 Å². The Kier molecular flexibility index (Phi) is 1.47. The van der Waals surface area contributed by atoms with Crippen molar-refractivity contribution in [1.29, 1.82) is 0 Å². The van der Waals surface area contributed by atoms with Gasteiger partial charge in [0.2, 0.25) is 0 Å². The van der Waals surface area contributed by atoms with Gasteiger partial charge in [0.25, 0.3) is 0 Å². The summed E-state index contributed by atoms with van der Waals surface area (Å²) < 4.78 is 5.38. The summed E-state index contributed by atoms with van der Waals surface area (Å²) in [4.78, 5) is 0. The maximum Gasteiger partial charge on any atom is 0.137 e. The van der Waals surface area contributed by atoms with E-state index in [4.69, 9.17) is 4.42 Å². The summed E-state index contributed by atoms with van der Waals surface area (Å²) in [6.45, 7) is 6.37. The molecule has 0 aliphatic carbocycles. The van der Waals surface area contributed by atoms with Crippen molar-refractivity contribution >= 4 is 11.0 Å². The van der Waals surface area contributed by atoms with Gasteiger partial charge in [-0.05, 0) is 49.6 Å². The second-order valence-electron chi connectivity index (χ2n) is 3.28. The van der Waals surface area contributed by atoms with Gasteiger partial charge in [-0.3, -0.25) is 0 Å². The molecule has 1 aromatic carbocycles. The first kappa shape index (κ1) is 7.41. The Morgan fingerprint density at radius 3 is 2.58 bits per heavy atom. The number of fused-ring (bicyclic) bond motifs is 1. The molecule has 0 radical (unpaired) electrons. The number of rotatable bonds is 0. The van der Waals surface area contributed by atoms with E-state index in [9.17, 15) is 0 Å². The zero-order chi connectivity index (χ0) is 8.72. The Hall–Kier alpha value is -1.24. The van der Waals surface area contributed by atoms with Gasteiger partial charge in [0.15, 0.2) is 0 Å². The van der Waals surface area contributed by atoms with E-state index < -0.39 is 0 Å². The van der Waals surface area contributed by atoms with E-state index in [1.165, 1.54) is 22.1 Å². The van der Waals surface area contributed by atoms with Crippen LogP contribution in [0.3, 0.4) is 0 Å². The quantitative estimate of drug-likeness (QED) is 0.576. The maximum absolute atomic E-state index is 5.38. The topological polar surface area (TPSA) is 13.1 Å². The van der Waals surface area contributed by atoms with Crippen molar-refractivity contribution in [3.05, 3.63) is 35.1 Å². The van der Waals surface area contributed by atoms with Crippen molar-refractivity contribution in [2.45, 2.75) is 20.8 Å². The third kappa shape index (κ3) is 0.860. The molecule has 0 aliphatic rings. The van der Waals surface area contributed by atoms with E-state index in [0.29, 0.717) is 0 Å². The van der Waals surface area contributed by atoms with E-state index in [2.05, 4.69) is 26.8 Å². The van der Waals surface area contributed by atoms with E-state index in [1.807, 2.05) is 6.07 Å². The predicted molar refractivity (Wildman–Crippen MR) is 50.4 cm³/mol. The Balaban J connectivity index is 2.94. The van der Waals surface area contributed by atoms with Crippen molar-refractivity contribution in [3.63, 3.8) is 0 Å². The molecule has 0 unspecified atom stereocenters. The van der Waals surface area contributed by atoms with Gasteiger partial charge in [-0.15, -0.1) is 0 Å². The Morgan fingerprint density at radius 2 is 1.83 bits per heavy atom. The fourth-order valence-corrected chi connectivity index (χ4v) is 1.55. The van der Waals surface area contributed by atoms with Crippen LogP contribution in [0.2, 0.25) is 0 Å². The predicted octanol–water partition coefficient (Wildman–Crippen LogP) is 3.36. The molecule has 0 fully saturated rings. The Morgan fingerprint density at radius 1 is 1.08 bits per heavy atom. The van der Waals surface area contributed by atoms with E-state index in [0.717, 1.165) is 5.58 Å². The van der Waals surface area contributed by atoms with Gasteiger partial charge in [-0.2, -0.15) is 0 Å². The fourth-order valence-electron chi connectivity index (χ4n) is 1.55. The third-order valence-corrected chi connectivity index (χ3v) is 2.56. The minimum atomic E-state index is 1.03. The molecule has 62 valence electrons. The molecule has 0 atom stereocenters. The van der Waals surface area contributed by atoms with Crippen LogP contribution >= 0.6 is 0 Å². The van der Waals surface area contributed by atoms with Gasteiger partial charge in [0, 0.05) is 5.39 Å². The first-order chi connectivity index (χ1) is 5.70. The van der Waals surface area contributed by atoms with Gasteiger partial charge < -0.3 is 4.42 Å². The third-order valence-electron chi connectivity index (χ3n) is 2.56. The summed E-state index contributed by atoms with van der Waals surface area (Å²) in [5.41, 5.74) is 4.95. The minimum absolute atomic E-state index is 1.03. The molecule has 0 amide bonds. The zero-order valence-electron chi connectivity index (χ0n) is 7.64. The average Bonchev–Trinajstić information content (AvgIpc) is 2.48. The number of benzene rings is 1. The van der Waals surface area contributed by atoms with Gasteiger partial charge >= 0.3 is 0 Å². The first-order valence-corrected chi connectivity index (χ1v) is 4.14. The highest BCUT2D eigenvalue weighted by Gasteiger charge is 2.05. The molecule has 0 bridgehead atoms. The van der Waals surface area contributed by atoms with Crippen molar-refractivity contribution in [3.8, 4) is 0 Å². The summed E-state index contributed by atoms with van der Waals surface area (Å²) >= 11 is 0. The molecule has 1 heteroatoms. The van der Waals surface area contributed by atoms with Crippen molar-refractivity contribution < 1.29 is 4.42 Å². The van der Waals surface area contributed by atoms with Crippen LogP contribution in [-0.2, 0) is 0 Å². The number of hydrogen-bond acceptors (Lipinski definition) is 1. The molecule has 0 N–H and O–H groups in total. The highest BCUT2D eigenvalue weighted by atomic mass is 16.3. The highest BCUT2D eigenvalue weighted by Crippen LogP contribution is 2.24. The molecule has 1 heterocycles. The summed E-state index contributed by atoms with van der Waals surface area (Å²) in [6.07, 6.45) is 1.75. The summed E-state index contributed by atoms with van der Waals surface area (Å²) in [5, 5.41) is 1.20. The zero-order valence-corrected chi connectivity index (χ0v) is 7.64. The second kappa shape index (κ2) is 2.37. The summed E-state index contributed by atoms with van der Waals surface area (Å²) in [6, 6.07) is 4.18. The lowest BCUT2D eigenvalue weighted by Crippen LogP contribution is -1.85. The number of furan rings is 1. The molecule has 2 aromatic rings. The van der Waals surface area contributed by atoms with Crippen molar-refractivity contribution in [1.82, 2.24) is 0 Å². The van der Waals surface area contributed by atoms with Gasteiger partial charge in [-0.1, -0.05) is 0 Å². The minimum Gasteiger partial charge on any atom is -0.464 e. The monoisotopic (exact) mass is 160 g/mol. The largest absolute Gasteiger partial charge is 0.464 e. The van der Waals surface area contributed by atoms with Gasteiger partial charge in [0.05, 0.1) is 6.26 Å².